The summed E-state index contributed by atoms with van der Waals surface area (Å²) >= 11 is 6.12. The summed E-state index contributed by atoms with van der Waals surface area (Å²) < 4.78 is 0. The molecule has 142 valence electrons. The Morgan fingerprint density at radius 2 is 1.70 bits per heavy atom. The van der Waals surface area contributed by atoms with Crippen LogP contribution in [-0.2, 0) is 4.79 Å². The lowest BCUT2D eigenvalue weighted by Gasteiger charge is -2.37. The Hall–Kier alpha value is -2.53. The van der Waals surface area contributed by atoms with Crippen molar-refractivity contribution >= 4 is 29.1 Å². The maximum Gasteiger partial charge on any atom is 0.251 e. The molecule has 5 nitrogen and oxygen atoms in total. The Balaban J connectivity index is 1.52. The highest BCUT2D eigenvalue weighted by atomic mass is 35.5. The summed E-state index contributed by atoms with van der Waals surface area (Å²) in [5.41, 5.74) is 3.78. The second-order valence-electron chi connectivity index (χ2n) is 6.80. The lowest BCUT2D eigenvalue weighted by Crippen LogP contribution is -2.51. The molecule has 3 rings (SSSR count). The molecule has 1 aliphatic heterocycles. The van der Waals surface area contributed by atoms with Gasteiger partial charge in [0.1, 0.15) is 0 Å². The van der Waals surface area contributed by atoms with E-state index in [0.717, 1.165) is 24.3 Å². The Morgan fingerprint density at radius 3 is 2.41 bits per heavy atom. The van der Waals surface area contributed by atoms with Crippen LogP contribution in [0.15, 0.2) is 42.5 Å². The van der Waals surface area contributed by atoms with E-state index in [-0.39, 0.29) is 18.4 Å². The van der Waals surface area contributed by atoms with Gasteiger partial charge in [-0.25, -0.2) is 0 Å². The number of hydrogen-bond donors (Lipinski definition) is 1. The van der Waals surface area contributed by atoms with Crippen molar-refractivity contribution in [3.8, 4) is 0 Å². The molecule has 2 aromatic carbocycles. The average molecular weight is 386 g/mol. The molecule has 0 aromatic heterocycles. The van der Waals surface area contributed by atoms with Gasteiger partial charge in [0.05, 0.1) is 6.54 Å². The summed E-state index contributed by atoms with van der Waals surface area (Å²) in [4.78, 5) is 28.8. The number of nitrogens with zero attached hydrogens (tertiary/aromatic N) is 2. The van der Waals surface area contributed by atoms with E-state index < -0.39 is 0 Å². The van der Waals surface area contributed by atoms with Crippen molar-refractivity contribution in [3.63, 3.8) is 0 Å². The monoisotopic (exact) mass is 385 g/mol. The smallest absolute Gasteiger partial charge is 0.251 e. The zero-order valence-electron chi connectivity index (χ0n) is 15.7. The molecule has 1 saturated heterocycles. The molecule has 0 bridgehead atoms. The van der Waals surface area contributed by atoms with Crippen molar-refractivity contribution in [2.75, 3.05) is 37.6 Å². The second-order valence-corrected chi connectivity index (χ2v) is 7.23. The fourth-order valence-corrected chi connectivity index (χ4v) is 3.48. The van der Waals surface area contributed by atoms with E-state index >= 15 is 0 Å². The Bertz CT molecular complexity index is 845. The molecule has 1 fully saturated rings. The number of nitrogens with one attached hydrogen (secondary N) is 1. The molecule has 0 aliphatic carbocycles. The van der Waals surface area contributed by atoms with Gasteiger partial charge >= 0.3 is 0 Å². The van der Waals surface area contributed by atoms with Crippen molar-refractivity contribution in [1.82, 2.24) is 10.2 Å². The normalized spacial score (nSPS) is 14.2. The van der Waals surface area contributed by atoms with E-state index in [2.05, 4.69) is 17.1 Å². The van der Waals surface area contributed by atoms with E-state index in [1.807, 2.05) is 43.3 Å². The second kappa shape index (κ2) is 8.44. The number of amides is 2. The third kappa shape index (κ3) is 4.61. The van der Waals surface area contributed by atoms with Gasteiger partial charge in [-0.3, -0.25) is 9.59 Å². The van der Waals surface area contributed by atoms with Crippen LogP contribution in [0.2, 0.25) is 5.02 Å². The number of carbonyl (C=O) groups is 2. The van der Waals surface area contributed by atoms with E-state index in [0.29, 0.717) is 23.7 Å². The molecular formula is C21H24ClN3O2. The first-order valence-corrected chi connectivity index (χ1v) is 9.46. The first-order chi connectivity index (χ1) is 13.0. The number of rotatable bonds is 4. The van der Waals surface area contributed by atoms with Gasteiger partial charge in [-0.15, -0.1) is 0 Å². The summed E-state index contributed by atoms with van der Waals surface area (Å²) in [6.07, 6.45) is 0. The van der Waals surface area contributed by atoms with Crippen molar-refractivity contribution in [1.29, 1.82) is 0 Å². The van der Waals surface area contributed by atoms with E-state index in [1.165, 1.54) is 5.56 Å². The highest BCUT2D eigenvalue weighted by Gasteiger charge is 2.22. The summed E-state index contributed by atoms with van der Waals surface area (Å²) in [6.45, 7) is 6.72. The number of halogens is 1. The highest BCUT2D eigenvalue weighted by Crippen LogP contribution is 2.25. The van der Waals surface area contributed by atoms with Crippen molar-refractivity contribution in [3.05, 3.63) is 64.2 Å². The standard InChI is InChI=1S/C21H24ClN3O2/c1-15-5-3-4-6-18(15)21(27)23-14-20(26)25-11-9-24(10-12-25)19-13-17(22)8-7-16(19)2/h3-8,13H,9-12,14H2,1-2H3,(H,23,27). The zero-order valence-corrected chi connectivity index (χ0v) is 16.4. The van der Waals surface area contributed by atoms with Crippen molar-refractivity contribution < 1.29 is 9.59 Å². The lowest BCUT2D eigenvalue weighted by molar-refractivity contribution is -0.130. The van der Waals surface area contributed by atoms with Gasteiger partial charge in [-0.2, -0.15) is 0 Å². The molecule has 27 heavy (non-hydrogen) atoms. The van der Waals surface area contributed by atoms with Crippen LogP contribution < -0.4 is 10.2 Å². The molecule has 0 saturated carbocycles. The molecule has 2 aromatic rings. The van der Waals surface area contributed by atoms with Gasteiger partial charge in [0, 0.05) is 42.5 Å². The highest BCUT2D eigenvalue weighted by molar-refractivity contribution is 6.30. The molecular weight excluding hydrogens is 362 g/mol. The summed E-state index contributed by atoms with van der Waals surface area (Å²) in [6, 6.07) is 13.2. The molecule has 2 amide bonds. The molecule has 6 heteroatoms. The van der Waals surface area contributed by atoms with E-state index in [9.17, 15) is 9.59 Å². The minimum Gasteiger partial charge on any atom is -0.368 e. The molecule has 0 atom stereocenters. The molecule has 1 heterocycles. The molecule has 0 radical (unpaired) electrons. The Labute approximate surface area is 164 Å². The van der Waals surface area contributed by atoms with Gasteiger partial charge in [0.2, 0.25) is 5.91 Å². The number of benzene rings is 2. The number of carbonyl (C=O) groups excluding carboxylic acids is 2. The maximum atomic E-state index is 12.5. The first-order valence-electron chi connectivity index (χ1n) is 9.08. The van der Waals surface area contributed by atoms with Crippen molar-refractivity contribution in [2.24, 2.45) is 0 Å². The minimum atomic E-state index is -0.213. The summed E-state index contributed by atoms with van der Waals surface area (Å²) in [5.74, 6) is -0.269. The quantitative estimate of drug-likeness (QED) is 0.880. The van der Waals surface area contributed by atoms with Gasteiger partial charge in [0.25, 0.3) is 5.91 Å². The Morgan fingerprint density at radius 1 is 1.00 bits per heavy atom. The topological polar surface area (TPSA) is 52.7 Å². The maximum absolute atomic E-state index is 12.5. The van der Waals surface area contributed by atoms with Crippen LogP contribution >= 0.6 is 11.6 Å². The van der Waals surface area contributed by atoms with Crippen LogP contribution in [-0.4, -0.2) is 49.4 Å². The number of hydrogen-bond acceptors (Lipinski definition) is 3. The SMILES string of the molecule is Cc1ccccc1C(=O)NCC(=O)N1CCN(c2cc(Cl)ccc2C)CC1. The predicted molar refractivity (Wildman–Crippen MR) is 108 cm³/mol. The molecule has 1 N–H and O–H groups in total. The van der Waals surface area contributed by atoms with Gasteiger partial charge < -0.3 is 15.1 Å². The minimum absolute atomic E-state index is 0.0172. The summed E-state index contributed by atoms with van der Waals surface area (Å²) in [5, 5.41) is 3.45. The predicted octanol–water partition coefficient (Wildman–Crippen LogP) is 3.04. The number of piperazine rings is 1. The number of anilines is 1. The molecule has 0 unspecified atom stereocenters. The van der Waals surface area contributed by atoms with Crippen LogP contribution in [0.25, 0.3) is 0 Å². The zero-order chi connectivity index (χ0) is 19.4. The molecule has 1 aliphatic rings. The van der Waals surface area contributed by atoms with Crippen molar-refractivity contribution in [2.45, 2.75) is 13.8 Å². The fourth-order valence-electron chi connectivity index (χ4n) is 3.31. The first kappa shape index (κ1) is 19.2. The van der Waals surface area contributed by atoms with Crippen LogP contribution in [0.4, 0.5) is 5.69 Å². The van der Waals surface area contributed by atoms with Crippen LogP contribution in [0.1, 0.15) is 21.5 Å². The largest absolute Gasteiger partial charge is 0.368 e. The third-order valence-electron chi connectivity index (χ3n) is 4.93. The van der Waals surface area contributed by atoms with Crippen LogP contribution in [0.3, 0.4) is 0 Å². The van der Waals surface area contributed by atoms with Gasteiger partial charge in [-0.05, 0) is 43.2 Å². The molecule has 0 spiro atoms. The van der Waals surface area contributed by atoms with Crippen LogP contribution in [0, 0.1) is 13.8 Å². The van der Waals surface area contributed by atoms with E-state index in [1.54, 1.807) is 11.0 Å². The Kier molecular flexibility index (Phi) is 6.01. The fraction of sp³-hybridized carbons (Fsp3) is 0.333. The average Bonchev–Trinajstić information content (AvgIpc) is 2.68. The lowest BCUT2D eigenvalue weighted by atomic mass is 10.1. The van der Waals surface area contributed by atoms with E-state index in [4.69, 9.17) is 11.6 Å². The van der Waals surface area contributed by atoms with Gasteiger partial charge in [-0.1, -0.05) is 35.9 Å². The summed E-state index contributed by atoms with van der Waals surface area (Å²) in [7, 11) is 0. The van der Waals surface area contributed by atoms with Crippen LogP contribution in [0.5, 0.6) is 0 Å². The third-order valence-corrected chi connectivity index (χ3v) is 5.17. The van der Waals surface area contributed by atoms with Gasteiger partial charge in [0.15, 0.2) is 0 Å². The number of aryl methyl sites for hydroxylation is 2.